The van der Waals surface area contributed by atoms with Crippen LogP contribution >= 0.6 is 0 Å². The summed E-state index contributed by atoms with van der Waals surface area (Å²) in [6.07, 6.45) is 0.888. The standard InChI is InChI=1S/C22H19FN2O/c23-19-8-3-5-16(13-19)15-24-20-9-4-7-18(14-20)22(26)25-12-11-17-6-1-2-10-21(17)25/h1-10,13-14,24H,11-12,15H2. The summed E-state index contributed by atoms with van der Waals surface area (Å²) in [6, 6.07) is 22.0. The van der Waals surface area contributed by atoms with Crippen LogP contribution in [0.5, 0.6) is 0 Å². The molecular formula is C22H19FN2O. The molecule has 3 aromatic rings. The number of hydrogen-bond donors (Lipinski definition) is 1. The lowest BCUT2D eigenvalue weighted by molar-refractivity contribution is 0.0989. The Bertz CT molecular complexity index is 954. The van der Waals surface area contributed by atoms with Crippen molar-refractivity contribution in [2.24, 2.45) is 0 Å². The molecule has 130 valence electrons. The van der Waals surface area contributed by atoms with E-state index in [1.165, 1.54) is 17.7 Å². The van der Waals surface area contributed by atoms with Crippen molar-refractivity contribution in [3.8, 4) is 0 Å². The minimum atomic E-state index is -0.249. The number of nitrogens with zero attached hydrogens (tertiary/aromatic N) is 1. The number of carbonyl (C=O) groups excluding carboxylic acids is 1. The Balaban J connectivity index is 1.50. The Morgan fingerprint density at radius 3 is 2.73 bits per heavy atom. The molecule has 1 aliphatic heterocycles. The first-order valence-corrected chi connectivity index (χ1v) is 8.69. The Labute approximate surface area is 152 Å². The molecule has 0 radical (unpaired) electrons. The van der Waals surface area contributed by atoms with Crippen LogP contribution in [-0.2, 0) is 13.0 Å². The van der Waals surface area contributed by atoms with Gasteiger partial charge in [0.2, 0.25) is 0 Å². The summed E-state index contributed by atoms with van der Waals surface area (Å²) in [5.41, 5.74) is 4.55. The van der Waals surface area contributed by atoms with Gasteiger partial charge in [0.25, 0.3) is 5.91 Å². The topological polar surface area (TPSA) is 32.3 Å². The number of rotatable bonds is 4. The molecule has 26 heavy (non-hydrogen) atoms. The highest BCUT2D eigenvalue weighted by molar-refractivity contribution is 6.07. The lowest BCUT2D eigenvalue weighted by Crippen LogP contribution is -2.28. The summed E-state index contributed by atoms with van der Waals surface area (Å²) < 4.78 is 13.3. The molecule has 4 heteroatoms. The van der Waals surface area contributed by atoms with E-state index < -0.39 is 0 Å². The highest BCUT2D eigenvalue weighted by atomic mass is 19.1. The van der Waals surface area contributed by atoms with E-state index in [0.717, 1.165) is 23.4 Å². The first-order chi connectivity index (χ1) is 12.7. The quantitative estimate of drug-likeness (QED) is 0.746. The van der Waals surface area contributed by atoms with Gasteiger partial charge in [-0.1, -0.05) is 36.4 Å². The molecule has 4 rings (SSSR count). The molecule has 0 spiro atoms. The van der Waals surface area contributed by atoms with Crippen LogP contribution in [0.15, 0.2) is 72.8 Å². The summed E-state index contributed by atoms with van der Waals surface area (Å²) in [5.74, 6) is -0.245. The van der Waals surface area contributed by atoms with Gasteiger partial charge in [-0.25, -0.2) is 4.39 Å². The molecule has 0 saturated carbocycles. The van der Waals surface area contributed by atoms with Crippen LogP contribution in [0.4, 0.5) is 15.8 Å². The molecule has 0 saturated heterocycles. The monoisotopic (exact) mass is 346 g/mol. The summed E-state index contributed by atoms with van der Waals surface area (Å²) in [6.45, 7) is 1.21. The molecule has 0 atom stereocenters. The first-order valence-electron chi connectivity index (χ1n) is 8.69. The zero-order valence-electron chi connectivity index (χ0n) is 14.3. The van der Waals surface area contributed by atoms with Crippen molar-refractivity contribution in [1.82, 2.24) is 0 Å². The minimum absolute atomic E-state index is 0.00403. The average molecular weight is 346 g/mol. The summed E-state index contributed by atoms with van der Waals surface area (Å²) >= 11 is 0. The van der Waals surface area contributed by atoms with Crippen molar-refractivity contribution < 1.29 is 9.18 Å². The fourth-order valence-electron chi connectivity index (χ4n) is 3.32. The number of carbonyl (C=O) groups is 1. The largest absolute Gasteiger partial charge is 0.381 e. The van der Waals surface area contributed by atoms with Gasteiger partial charge in [0.15, 0.2) is 0 Å². The van der Waals surface area contributed by atoms with Crippen LogP contribution in [0.3, 0.4) is 0 Å². The molecule has 0 aromatic heterocycles. The maximum Gasteiger partial charge on any atom is 0.258 e. The number of halogens is 1. The van der Waals surface area contributed by atoms with Crippen molar-refractivity contribution in [2.45, 2.75) is 13.0 Å². The van der Waals surface area contributed by atoms with Crippen LogP contribution < -0.4 is 10.2 Å². The second-order valence-electron chi connectivity index (χ2n) is 6.40. The second-order valence-corrected chi connectivity index (χ2v) is 6.40. The number of amides is 1. The van der Waals surface area contributed by atoms with Crippen molar-refractivity contribution in [1.29, 1.82) is 0 Å². The maximum absolute atomic E-state index is 13.3. The lowest BCUT2D eigenvalue weighted by atomic mass is 10.1. The molecular weight excluding hydrogens is 327 g/mol. The first kappa shape index (κ1) is 16.3. The Hall–Kier alpha value is -3.14. The summed E-state index contributed by atoms with van der Waals surface area (Å²) in [5, 5.41) is 3.26. The number of hydrogen-bond acceptors (Lipinski definition) is 2. The molecule has 0 aliphatic carbocycles. The van der Waals surface area contributed by atoms with Gasteiger partial charge in [-0.05, 0) is 53.9 Å². The van der Waals surface area contributed by atoms with E-state index in [9.17, 15) is 9.18 Å². The molecule has 1 amide bonds. The molecule has 0 unspecified atom stereocenters. The number of para-hydroxylation sites is 1. The van der Waals surface area contributed by atoms with Crippen LogP contribution in [0.2, 0.25) is 0 Å². The van der Waals surface area contributed by atoms with Gasteiger partial charge >= 0.3 is 0 Å². The molecule has 1 aliphatic rings. The predicted molar refractivity (Wildman–Crippen MR) is 102 cm³/mol. The molecule has 3 aromatic carbocycles. The van der Waals surface area contributed by atoms with Gasteiger partial charge in [-0.3, -0.25) is 4.79 Å². The minimum Gasteiger partial charge on any atom is -0.381 e. The number of benzene rings is 3. The van der Waals surface area contributed by atoms with E-state index in [1.54, 1.807) is 6.07 Å². The van der Waals surface area contributed by atoms with E-state index in [4.69, 9.17) is 0 Å². The molecule has 3 nitrogen and oxygen atoms in total. The summed E-state index contributed by atoms with van der Waals surface area (Å²) in [4.78, 5) is 14.8. The van der Waals surface area contributed by atoms with Crippen LogP contribution in [0.1, 0.15) is 21.5 Å². The van der Waals surface area contributed by atoms with Gasteiger partial charge in [-0.2, -0.15) is 0 Å². The molecule has 0 fully saturated rings. The Morgan fingerprint density at radius 1 is 1.00 bits per heavy atom. The third kappa shape index (κ3) is 3.31. The third-order valence-electron chi connectivity index (χ3n) is 4.63. The molecule has 1 heterocycles. The van der Waals surface area contributed by atoms with Crippen LogP contribution in [0.25, 0.3) is 0 Å². The highest BCUT2D eigenvalue weighted by Gasteiger charge is 2.25. The number of anilines is 2. The van der Waals surface area contributed by atoms with Crippen molar-refractivity contribution in [2.75, 3.05) is 16.8 Å². The van der Waals surface area contributed by atoms with Crippen molar-refractivity contribution in [3.63, 3.8) is 0 Å². The van der Waals surface area contributed by atoms with Crippen molar-refractivity contribution >= 4 is 17.3 Å². The van der Waals surface area contributed by atoms with Gasteiger partial charge < -0.3 is 10.2 Å². The smallest absolute Gasteiger partial charge is 0.258 e. The zero-order valence-corrected chi connectivity index (χ0v) is 14.3. The molecule has 1 N–H and O–H groups in total. The van der Waals surface area contributed by atoms with Crippen molar-refractivity contribution in [3.05, 3.63) is 95.3 Å². The maximum atomic E-state index is 13.3. The molecule has 0 bridgehead atoms. The van der Waals surface area contributed by atoms with Crippen LogP contribution in [0, 0.1) is 5.82 Å². The lowest BCUT2D eigenvalue weighted by Gasteiger charge is -2.18. The van der Waals surface area contributed by atoms with Gasteiger partial charge in [0.05, 0.1) is 0 Å². The fourth-order valence-corrected chi connectivity index (χ4v) is 3.32. The highest BCUT2D eigenvalue weighted by Crippen LogP contribution is 2.29. The van der Waals surface area contributed by atoms with E-state index in [0.29, 0.717) is 18.7 Å². The van der Waals surface area contributed by atoms with Gasteiger partial charge in [0.1, 0.15) is 5.82 Å². The third-order valence-corrected chi connectivity index (χ3v) is 4.63. The SMILES string of the molecule is O=C(c1cccc(NCc2cccc(F)c2)c1)N1CCc2ccccc21. The Morgan fingerprint density at radius 2 is 1.85 bits per heavy atom. The second kappa shape index (κ2) is 7.00. The van der Waals surface area contributed by atoms with Crippen LogP contribution in [-0.4, -0.2) is 12.5 Å². The van der Waals surface area contributed by atoms with E-state index in [1.807, 2.05) is 53.4 Å². The van der Waals surface area contributed by atoms with Gasteiger partial charge in [-0.15, -0.1) is 0 Å². The number of fused-ring (bicyclic) bond motifs is 1. The van der Waals surface area contributed by atoms with E-state index >= 15 is 0 Å². The zero-order chi connectivity index (χ0) is 17.9. The van der Waals surface area contributed by atoms with E-state index in [-0.39, 0.29) is 11.7 Å². The normalized spacial score (nSPS) is 12.7. The van der Waals surface area contributed by atoms with E-state index in [2.05, 4.69) is 11.4 Å². The average Bonchev–Trinajstić information content (AvgIpc) is 3.10. The fraction of sp³-hybridized carbons (Fsp3) is 0.136. The Kier molecular flexibility index (Phi) is 4.40. The predicted octanol–water partition coefficient (Wildman–Crippen LogP) is 4.64. The van der Waals surface area contributed by atoms with Gasteiger partial charge in [0, 0.05) is 30.0 Å². The summed E-state index contributed by atoms with van der Waals surface area (Å²) in [7, 11) is 0. The number of nitrogens with one attached hydrogen (secondary N) is 1.